The van der Waals surface area contributed by atoms with Crippen molar-refractivity contribution in [2.45, 2.75) is 27.2 Å². The van der Waals surface area contributed by atoms with Gasteiger partial charge in [-0.2, -0.15) is 11.8 Å². The summed E-state index contributed by atoms with van der Waals surface area (Å²) < 4.78 is 0. The van der Waals surface area contributed by atoms with Gasteiger partial charge in [0.1, 0.15) is 0 Å². The Morgan fingerprint density at radius 3 is 2.60 bits per heavy atom. The molecule has 0 spiro atoms. The predicted octanol–water partition coefficient (Wildman–Crippen LogP) is 1.51. The van der Waals surface area contributed by atoms with E-state index in [0.717, 1.165) is 18.7 Å². The van der Waals surface area contributed by atoms with Gasteiger partial charge in [-0.25, -0.2) is 0 Å². The molecular weight excluding hydrogens is 210 g/mol. The zero-order valence-corrected chi connectivity index (χ0v) is 10.8. The van der Waals surface area contributed by atoms with E-state index in [-0.39, 0.29) is 18.4 Å². The molecule has 15 heavy (non-hydrogen) atoms. The van der Waals surface area contributed by atoms with Crippen molar-refractivity contribution in [3.8, 4) is 0 Å². The molecule has 4 heteroatoms. The van der Waals surface area contributed by atoms with Gasteiger partial charge in [0, 0.05) is 13.2 Å². The van der Waals surface area contributed by atoms with E-state index in [9.17, 15) is 4.79 Å². The molecule has 0 rings (SSSR count). The summed E-state index contributed by atoms with van der Waals surface area (Å²) in [6, 6.07) is 0. The monoisotopic (exact) mass is 233 g/mol. The van der Waals surface area contributed by atoms with Gasteiger partial charge < -0.3 is 10.4 Å². The van der Waals surface area contributed by atoms with Crippen LogP contribution in [-0.2, 0) is 4.79 Å². The summed E-state index contributed by atoms with van der Waals surface area (Å²) in [7, 11) is 0. The van der Waals surface area contributed by atoms with Crippen LogP contribution < -0.4 is 5.32 Å². The molecule has 0 aliphatic carbocycles. The number of nitrogens with one attached hydrogen (secondary N) is 1. The van der Waals surface area contributed by atoms with Crippen LogP contribution in [0.1, 0.15) is 27.2 Å². The highest BCUT2D eigenvalue weighted by atomic mass is 32.2. The van der Waals surface area contributed by atoms with Crippen LogP contribution in [0.15, 0.2) is 0 Å². The van der Waals surface area contributed by atoms with Gasteiger partial charge in [0.25, 0.3) is 0 Å². The van der Waals surface area contributed by atoms with Gasteiger partial charge in [0.2, 0.25) is 5.91 Å². The summed E-state index contributed by atoms with van der Waals surface area (Å²) in [4.78, 5) is 11.3. The van der Waals surface area contributed by atoms with Gasteiger partial charge >= 0.3 is 0 Å². The lowest BCUT2D eigenvalue weighted by molar-refractivity contribution is -0.118. The van der Waals surface area contributed by atoms with Gasteiger partial charge in [-0.05, 0) is 24.0 Å². The quantitative estimate of drug-likeness (QED) is 0.668. The van der Waals surface area contributed by atoms with Crippen LogP contribution in [0.2, 0.25) is 0 Å². The molecule has 0 fully saturated rings. The molecule has 0 radical (unpaired) electrons. The second kappa shape index (κ2) is 9.04. The molecule has 3 nitrogen and oxygen atoms in total. The Morgan fingerprint density at radius 2 is 2.07 bits per heavy atom. The fraction of sp³-hybridized carbons (Fsp3) is 0.909. The fourth-order valence-corrected chi connectivity index (χ4v) is 1.87. The number of hydrogen-bond acceptors (Lipinski definition) is 3. The Balaban J connectivity index is 3.33. The Labute approximate surface area is 97.0 Å². The van der Waals surface area contributed by atoms with Gasteiger partial charge in [0.05, 0.1) is 5.75 Å². The molecule has 0 aromatic heterocycles. The minimum Gasteiger partial charge on any atom is -0.396 e. The topological polar surface area (TPSA) is 49.3 Å². The molecule has 2 N–H and O–H groups in total. The minimum atomic E-state index is 0.103. The van der Waals surface area contributed by atoms with Gasteiger partial charge in [-0.15, -0.1) is 0 Å². The number of carbonyl (C=O) groups excluding carboxylic acids is 1. The third-order valence-corrected chi connectivity index (χ3v) is 3.26. The van der Waals surface area contributed by atoms with Crippen LogP contribution in [0.3, 0.4) is 0 Å². The number of aliphatic hydroxyl groups excluding tert-OH is 1. The van der Waals surface area contributed by atoms with Crippen molar-refractivity contribution in [2.24, 2.45) is 11.8 Å². The summed E-state index contributed by atoms with van der Waals surface area (Å²) in [5.41, 5.74) is 0. The van der Waals surface area contributed by atoms with E-state index in [1.54, 1.807) is 11.8 Å². The largest absolute Gasteiger partial charge is 0.396 e. The van der Waals surface area contributed by atoms with Crippen molar-refractivity contribution in [2.75, 3.05) is 24.7 Å². The Kier molecular flexibility index (Phi) is 8.91. The van der Waals surface area contributed by atoms with E-state index >= 15 is 0 Å². The first-order valence-corrected chi connectivity index (χ1v) is 6.67. The van der Waals surface area contributed by atoms with E-state index in [0.29, 0.717) is 11.7 Å². The SMILES string of the molecule is CC(C)CCNC(=O)CSCC(C)CO. The maximum Gasteiger partial charge on any atom is 0.229 e. The smallest absolute Gasteiger partial charge is 0.229 e. The van der Waals surface area contributed by atoms with Crippen molar-refractivity contribution in [3.05, 3.63) is 0 Å². The zero-order valence-electron chi connectivity index (χ0n) is 9.95. The standard InChI is InChI=1S/C11H23NO2S/c1-9(2)4-5-12-11(14)8-15-7-10(3)6-13/h9-10,13H,4-8H2,1-3H3,(H,12,14). The van der Waals surface area contributed by atoms with Gasteiger partial charge in [-0.3, -0.25) is 4.79 Å². The van der Waals surface area contributed by atoms with Crippen LogP contribution in [0, 0.1) is 11.8 Å². The second-order valence-corrected chi connectivity index (χ2v) is 5.37. The molecule has 0 bridgehead atoms. The maximum atomic E-state index is 11.3. The Bertz CT molecular complexity index is 174. The molecule has 0 saturated carbocycles. The van der Waals surface area contributed by atoms with Crippen LogP contribution >= 0.6 is 11.8 Å². The number of carbonyl (C=O) groups is 1. The third-order valence-electron chi connectivity index (χ3n) is 1.99. The van der Waals surface area contributed by atoms with Crippen molar-refractivity contribution in [3.63, 3.8) is 0 Å². The van der Waals surface area contributed by atoms with Crippen LogP contribution in [0.4, 0.5) is 0 Å². The minimum absolute atomic E-state index is 0.103. The maximum absolute atomic E-state index is 11.3. The van der Waals surface area contributed by atoms with Gasteiger partial charge in [-0.1, -0.05) is 20.8 Å². The Hall–Kier alpha value is -0.220. The van der Waals surface area contributed by atoms with E-state index in [2.05, 4.69) is 19.2 Å². The summed E-state index contributed by atoms with van der Waals surface area (Å²) >= 11 is 1.58. The molecule has 0 aliphatic rings. The van der Waals surface area contributed by atoms with E-state index < -0.39 is 0 Å². The normalized spacial score (nSPS) is 12.9. The Morgan fingerprint density at radius 1 is 1.40 bits per heavy atom. The van der Waals surface area contributed by atoms with Crippen molar-refractivity contribution >= 4 is 17.7 Å². The number of aliphatic hydroxyl groups is 1. The van der Waals surface area contributed by atoms with Crippen molar-refractivity contribution < 1.29 is 9.90 Å². The van der Waals surface area contributed by atoms with E-state index in [4.69, 9.17) is 5.11 Å². The molecule has 0 aliphatic heterocycles. The lowest BCUT2D eigenvalue weighted by atomic mass is 10.1. The molecule has 1 amide bonds. The van der Waals surface area contributed by atoms with E-state index in [1.807, 2.05) is 6.92 Å². The summed E-state index contributed by atoms with van der Waals surface area (Å²) in [5.74, 6) is 2.35. The number of amides is 1. The first-order valence-electron chi connectivity index (χ1n) is 5.51. The van der Waals surface area contributed by atoms with Crippen molar-refractivity contribution in [1.82, 2.24) is 5.32 Å². The lowest BCUT2D eigenvalue weighted by Crippen LogP contribution is -2.27. The predicted molar refractivity (Wildman–Crippen MR) is 66.0 cm³/mol. The summed E-state index contributed by atoms with van der Waals surface area (Å²) in [6.45, 7) is 7.23. The van der Waals surface area contributed by atoms with Crippen LogP contribution in [-0.4, -0.2) is 35.7 Å². The molecular formula is C11H23NO2S. The number of thioether (sulfide) groups is 1. The molecule has 1 unspecified atom stereocenters. The second-order valence-electron chi connectivity index (χ2n) is 4.34. The summed E-state index contributed by atoms with van der Waals surface area (Å²) in [5, 5.41) is 11.7. The summed E-state index contributed by atoms with van der Waals surface area (Å²) in [6.07, 6.45) is 1.03. The molecule has 0 aromatic carbocycles. The lowest BCUT2D eigenvalue weighted by Gasteiger charge is -2.08. The highest BCUT2D eigenvalue weighted by molar-refractivity contribution is 7.99. The molecule has 0 aromatic rings. The molecule has 0 heterocycles. The molecule has 1 atom stereocenters. The molecule has 0 saturated heterocycles. The fourth-order valence-electron chi connectivity index (χ4n) is 0.957. The van der Waals surface area contributed by atoms with Crippen LogP contribution in [0.25, 0.3) is 0 Å². The average Bonchev–Trinajstić information content (AvgIpc) is 2.17. The van der Waals surface area contributed by atoms with E-state index in [1.165, 1.54) is 0 Å². The molecule has 90 valence electrons. The number of hydrogen-bond donors (Lipinski definition) is 2. The average molecular weight is 233 g/mol. The highest BCUT2D eigenvalue weighted by Gasteiger charge is 2.04. The highest BCUT2D eigenvalue weighted by Crippen LogP contribution is 2.07. The zero-order chi connectivity index (χ0) is 11.7. The first kappa shape index (κ1) is 14.8. The van der Waals surface area contributed by atoms with Crippen molar-refractivity contribution in [1.29, 1.82) is 0 Å². The number of rotatable bonds is 8. The van der Waals surface area contributed by atoms with Crippen LogP contribution in [0.5, 0.6) is 0 Å². The van der Waals surface area contributed by atoms with Gasteiger partial charge in [0.15, 0.2) is 0 Å². The first-order chi connectivity index (χ1) is 7.06. The third kappa shape index (κ3) is 10.1.